The molecule has 0 aliphatic carbocycles. The molecule has 2 aliphatic rings. The highest BCUT2D eigenvalue weighted by atomic mass is 15.4. The summed E-state index contributed by atoms with van der Waals surface area (Å²) < 4.78 is 0. The van der Waals surface area contributed by atoms with Gasteiger partial charge < -0.3 is 5.32 Å². The average molecular weight is 141 g/mol. The maximum Gasteiger partial charge on any atom is 0.0172 e. The number of fused-ring (bicyclic) bond motifs is 1. The molecule has 2 fully saturated rings. The van der Waals surface area contributed by atoms with Crippen molar-refractivity contribution in [3.63, 3.8) is 0 Å². The van der Waals surface area contributed by atoms with Gasteiger partial charge in [0.15, 0.2) is 0 Å². The third-order valence-electron chi connectivity index (χ3n) is 2.74. The number of rotatable bonds is 0. The average Bonchev–Trinajstić information content (AvgIpc) is 2.33. The summed E-state index contributed by atoms with van der Waals surface area (Å²) in [6.45, 7) is 4.58. The van der Waals surface area contributed by atoms with Crippen LogP contribution in [0.25, 0.3) is 0 Å². The van der Waals surface area contributed by atoms with Gasteiger partial charge in [0.25, 0.3) is 0 Å². The van der Waals surface area contributed by atoms with Gasteiger partial charge in [-0.05, 0) is 31.3 Å². The highest BCUT2D eigenvalue weighted by Gasteiger charge is 2.31. The third-order valence-corrected chi connectivity index (χ3v) is 2.74. The van der Waals surface area contributed by atoms with E-state index in [4.69, 9.17) is 5.84 Å². The third kappa shape index (κ3) is 1.05. The zero-order chi connectivity index (χ0) is 6.97. The Balaban J connectivity index is 1.96. The fourth-order valence-corrected chi connectivity index (χ4v) is 2.06. The summed E-state index contributed by atoms with van der Waals surface area (Å²) in [5, 5.41) is 5.36. The first-order chi connectivity index (χ1) is 4.86. The second kappa shape index (κ2) is 2.49. The summed E-state index contributed by atoms with van der Waals surface area (Å²) in [6, 6.07) is 0. The van der Waals surface area contributed by atoms with Crippen LogP contribution in [-0.4, -0.2) is 31.2 Å². The van der Waals surface area contributed by atoms with Gasteiger partial charge in [-0.2, -0.15) is 0 Å². The van der Waals surface area contributed by atoms with Crippen molar-refractivity contribution in [2.24, 2.45) is 17.7 Å². The van der Waals surface area contributed by atoms with Gasteiger partial charge in [-0.3, -0.25) is 5.84 Å². The van der Waals surface area contributed by atoms with E-state index in [0.717, 1.165) is 24.9 Å². The molecule has 3 N–H and O–H groups in total. The van der Waals surface area contributed by atoms with Crippen LogP contribution in [0.2, 0.25) is 0 Å². The maximum atomic E-state index is 5.70. The van der Waals surface area contributed by atoms with E-state index < -0.39 is 0 Å². The molecule has 58 valence electrons. The minimum atomic E-state index is 0.832. The Bertz CT molecular complexity index is 126. The first-order valence-electron chi connectivity index (χ1n) is 4.06. The van der Waals surface area contributed by atoms with Gasteiger partial charge in [0, 0.05) is 13.1 Å². The van der Waals surface area contributed by atoms with E-state index in [-0.39, 0.29) is 0 Å². The zero-order valence-electron chi connectivity index (χ0n) is 6.21. The van der Waals surface area contributed by atoms with E-state index in [1.807, 2.05) is 5.01 Å². The van der Waals surface area contributed by atoms with Crippen molar-refractivity contribution in [1.82, 2.24) is 10.3 Å². The van der Waals surface area contributed by atoms with Gasteiger partial charge >= 0.3 is 0 Å². The molecule has 0 bridgehead atoms. The van der Waals surface area contributed by atoms with E-state index in [1.165, 1.54) is 19.5 Å². The molecule has 0 radical (unpaired) electrons. The van der Waals surface area contributed by atoms with E-state index >= 15 is 0 Å². The van der Waals surface area contributed by atoms with Crippen molar-refractivity contribution in [2.45, 2.75) is 6.42 Å². The number of nitrogens with zero attached hydrogens (tertiary/aromatic N) is 1. The summed E-state index contributed by atoms with van der Waals surface area (Å²) in [5.41, 5.74) is 0. The topological polar surface area (TPSA) is 41.3 Å². The molecule has 3 nitrogen and oxygen atoms in total. The second-order valence-corrected chi connectivity index (χ2v) is 3.46. The SMILES string of the molecule is NN1CCC2CNCC2C1. The lowest BCUT2D eigenvalue weighted by molar-refractivity contribution is 0.151. The predicted octanol–water partition coefficient (Wildman–Crippen LogP) is -0.599. The first kappa shape index (κ1) is 6.58. The molecule has 3 heteroatoms. The predicted molar refractivity (Wildman–Crippen MR) is 40.2 cm³/mol. The molecular weight excluding hydrogens is 126 g/mol. The lowest BCUT2D eigenvalue weighted by Crippen LogP contribution is -2.43. The molecular formula is C7H15N3. The van der Waals surface area contributed by atoms with Crippen LogP contribution in [0.3, 0.4) is 0 Å². The zero-order valence-corrected chi connectivity index (χ0v) is 6.21. The summed E-state index contributed by atoms with van der Waals surface area (Å²) in [5.74, 6) is 7.44. The Morgan fingerprint density at radius 1 is 1.30 bits per heavy atom. The Hall–Kier alpha value is -0.120. The van der Waals surface area contributed by atoms with Crippen LogP contribution in [0.5, 0.6) is 0 Å². The number of nitrogens with two attached hydrogens (primary N) is 1. The molecule has 0 aromatic rings. The van der Waals surface area contributed by atoms with Crippen LogP contribution in [-0.2, 0) is 0 Å². The highest BCUT2D eigenvalue weighted by molar-refractivity contribution is 4.86. The first-order valence-corrected chi connectivity index (χ1v) is 4.06. The maximum absolute atomic E-state index is 5.70. The van der Waals surface area contributed by atoms with Crippen LogP contribution >= 0.6 is 0 Å². The number of nitrogens with one attached hydrogen (secondary N) is 1. The molecule has 2 rings (SSSR count). The number of piperidine rings is 1. The lowest BCUT2D eigenvalue weighted by Gasteiger charge is -2.30. The molecule has 2 unspecified atom stereocenters. The Morgan fingerprint density at radius 2 is 2.10 bits per heavy atom. The quantitative estimate of drug-likeness (QED) is 0.443. The van der Waals surface area contributed by atoms with Crippen molar-refractivity contribution >= 4 is 0 Å². The summed E-state index contributed by atoms with van der Waals surface area (Å²) in [4.78, 5) is 0. The highest BCUT2D eigenvalue weighted by Crippen LogP contribution is 2.24. The van der Waals surface area contributed by atoms with Gasteiger partial charge in [0.05, 0.1) is 0 Å². The van der Waals surface area contributed by atoms with Gasteiger partial charge in [-0.25, -0.2) is 5.01 Å². The minimum Gasteiger partial charge on any atom is -0.316 e. The van der Waals surface area contributed by atoms with Gasteiger partial charge in [-0.1, -0.05) is 0 Å². The number of hydrogen-bond donors (Lipinski definition) is 2. The number of hydrazine groups is 1. The molecule has 10 heavy (non-hydrogen) atoms. The van der Waals surface area contributed by atoms with Crippen molar-refractivity contribution in [2.75, 3.05) is 26.2 Å². The largest absolute Gasteiger partial charge is 0.316 e. The molecule has 0 aromatic heterocycles. The smallest absolute Gasteiger partial charge is 0.0172 e. The summed E-state index contributed by atoms with van der Waals surface area (Å²) in [6.07, 6.45) is 1.29. The van der Waals surface area contributed by atoms with Crippen LogP contribution in [0.4, 0.5) is 0 Å². The summed E-state index contributed by atoms with van der Waals surface area (Å²) >= 11 is 0. The fourth-order valence-electron chi connectivity index (χ4n) is 2.06. The molecule has 0 amide bonds. The van der Waals surface area contributed by atoms with E-state index in [9.17, 15) is 0 Å². The molecule has 0 saturated carbocycles. The molecule has 2 heterocycles. The summed E-state index contributed by atoms with van der Waals surface area (Å²) in [7, 11) is 0. The van der Waals surface area contributed by atoms with Crippen molar-refractivity contribution in [3.8, 4) is 0 Å². The molecule has 2 aliphatic heterocycles. The minimum absolute atomic E-state index is 0.832. The Kier molecular flexibility index (Phi) is 1.64. The van der Waals surface area contributed by atoms with E-state index in [0.29, 0.717) is 0 Å². The molecule has 0 aromatic carbocycles. The van der Waals surface area contributed by atoms with Gasteiger partial charge in [0.1, 0.15) is 0 Å². The fraction of sp³-hybridized carbons (Fsp3) is 1.00. The number of hydrogen-bond acceptors (Lipinski definition) is 3. The van der Waals surface area contributed by atoms with Gasteiger partial charge in [0.2, 0.25) is 0 Å². The van der Waals surface area contributed by atoms with Gasteiger partial charge in [-0.15, -0.1) is 0 Å². The van der Waals surface area contributed by atoms with Crippen LogP contribution in [0.1, 0.15) is 6.42 Å². The van der Waals surface area contributed by atoms with Crippen LogP contribution in [0.15, 0.2) is 0 Å². The van der Waals surface area contributed by atoms with E-state index in [2.05, 4.69) is 5.32 Å². The second-order valence-electron chi connectivity index (χ2n) is 3.46. The Labute approximate surface area is 61.5 Å². The lowest BCUT2D eigenvalue weighted by atomic mass is 9.90. The van der Waals surface area contributed by atoms with Crippen molar-refractivity contribution in [3.05, 3.63) is 0 Å². The standard InChI is InChI=1S/C7H15N3/c8-10-2-1-6-3-9-4-7(6)5-10/h6-7,9H,1-5,8H2. The monoisotopic (exact) mass is 141 g/mol. The Morgan fingerprint density at radius 3 is 3.00 bits per heavy atom. The molecule has 0 spiro atoms. The van der Waals surface area contributed by atoms with Crippen molar-refractivity contribution in [1.29, 1.82) is 0 Å². The normalized spacial score (nSPS) is 41.7. The van der Waals surface area contributed by atoms with Crippen molar-refractivity contribution < 1.29 is 0 Å². The van der Waals surface area contributed by atoms with E-state index in [1.54, 1.807) is 0 Å². The van der Waals surface area contributed by atoms with Crippen LogP contribution in [0, 0.1) is 11.8 Å². The molecule has 2 saturated heterocycles. The van der Waals surface area contributed by atoms with Crippen LogP contribution < -0.4 is 11.2 Å². The molecule has 2 atom stereocenters.